The van der Waals surface area contributed by atoms with E-state index in [1.807, 2.05) is 24.3 Å². The molecule has 2 N–H and O–H groups in total. The highest BCUT2D eigenvalue weighted by molar-refractivity contribution is 7.52. The van der Waals surface area contributed by atoms with E-state index in [-0.39, 0.29) is 17.9 Å². The number of methoxy groups -OCH3 is 2. The molecule has 3 aromatic carbocycles. The smallest absolute Gasteiger partial charge is 0.458 e. The van der Waals surface area contributed by atoms with Crippen molar-refractivity contribution in [3.8, 4) is 17.2 Å². The van der Waals surface area contributed by atoms with E-state index in [0.29, 0.717) is 17.1 Å². The van der Waals surface area contributed by atoms with Crippen molar-refractivity contribution in [1.82, 2.24) is 5.09 Å². The molecule has 0 amide bonds. The number of nitrogens with one attached hydrogen (secondary N) is 1. The van der Waals surface area contributed by atoms with Gasteiger partial charge in [-0.1, -0.05) is 24.3 Å². The van der Waals surface area contributed by atoms with Crippen molar-refractivity contribution < 1.29 is 33.0 Å². The number of carboxylic acid groups (broad SMARTS) is 1. The van der Waals surface area contributed by atoms with Gasteiger partial charge in [0, 0.05) is 16.3 Å². The fraction of sp³-hybridized carbons (Fsp3) is 0.190. The Bertz CT molecular complexity index is 1100. The quantitative estimate of drug-likeness (QED) is 0.478. The number of rotatable bonds is 9. The van der Waals surface area contributed by atoms with E-state index in [1.54, 1.807) is 20.3 Å². The standard InChI is InChI=1S/C21H22NO7P/c1-22-30(25,29-16-10-8-14(9-11-16)21(23)24)28-13-15-12-19(26-2)17-6-4-5-7-18(17)20(15)27-3/h4-12H,13H2,1-3H3,(H,22,25)(H,23,24). The van der Waals surface area contributed by atoms with Crippen molar-refractivity contribution in [2.24, 2.45) is 0 Å². The molecule has 0 spiro atoms. The van der Waals surface area contributed by atoms with Gasteiger partial charge < -0.3 is 19.1 Å². The fourth-order valence-electron chi connectivity index (χ4n) is 2.98. The zero-order chi connectivity index (χ0) is 21.7. The Kier molecular flexibility index (Phi) is 6.62. The highest BCUT2D eigenvalue weighted by Crippen LogP contribution is 2.46. The molecule has 0 heterocycles. The second kappa shape index (κ2) is 9.17. The van der Waals surface area contributed by atoms with E-state index in [0.717, 1.165) is 10.8 Å². The van der Waals surface area contributed by atoms with Gasteiger partial charge in [0.15, 0.2) is 0 Å². The largest absolute Gasteiger partial charge is 0.496 e. The van der Waals surface area contributed by atoms with Crippen LogP contribution in [0, 0.1) is 0 Å². The Labute approximate surface area is 173 Å². The zero-order valence-corrected chi connectivity index (χ0v) is 17.6. The molecule has 1 unspecified atom stereocenters. The predicted octanol–water partition coefficient (Wildman–Crippen LogP) is 4.48. The maximum absolute atomic E-state index is 13.0. The van der Waals surface area contributed by atoms with Crippen LogP contribution in [-0.4, -0.2) is 32.3 Å². The van der Waals surface area contributed by atoms with Crippen LogP contribution >= 0.6 is 7.75 Å². The number of hydrogen-bond acceptors (Lipinski definition) is 6. The SMILES string of the molecule is CNP(=O)(OCc1cc(OC)c2ccccc2c1OC)Oc1ccc(C(=O)O)cc1. The van der Waals surface area contributed by atoms with Gasteiger partial charge in [-0.15, -0.1) is 0 Å². The first-order valence-corrected chi connectivity index (χ1v) is 10.5. The van der Waals surface area contributed by atoms with Crippen LogP contribution in [-0.2, 0) is 15.7 Å². The van der Waals surface area contributed by atoms with Crippen LogP contribution < -0.4 is 19.1 Å². The minimum absolute atomic E-state index is 0.0737. The highest BCUT2D eigenvalue weighted by atomic mass is 31.2. The van der Waals surface area contributed by atoms with Gasteiger partial charge in [0.2, 0.25) is 0 Å². The van der Waals surface area contributed by atoms with Crippen LogP contribution in [0.1, 0.15) is 15.9 Å². The summed E-state index contributed by atoms with van der Waals surface area (Å²) in [5.41, 5.74) is 0.726. The van der Waals surface area contributed by atoms with Crippen molar-refractivity contribution in [2.45, 2.75) is 6.61 Å². The normalized spacial score (nSPS) is 12.9. The minimum Gasteiger partial charge on any atom is -0.496 e. The van der Waals surface area contributed by atoms with Gasteiger partial charge in [-0.3, -0.25) is 4.52 Å². The average molecular weight is 431 g/mol. The maximum atomic E-state index is 13.0. The summed E-state index contributed by atoms with van der Waals surface area (Å²) < 4.78 is 35.2. The van der Waals surface area contributed by atoms with E-state index in [4.69, 9.17) is 23.6 Å². The van der Waals surface area contributed by atoms with Gasteiger partial charge in [0.1, 0.15) is 17.2 Å². The number of carbonyl (C=O) groups is 1. The first-order valence-electron chi connectivity index (χ1n) is 9.00. The molecule has 3 aromatic rings. The molecule has 0 aliphatic heterocycles. The third kappa shape index (κ3) is 4.57. The van der Waals surface area contributed by atoms with Crippen LogP contribution in [0.2, 0.25) is 0 Å². The molecular formula is C21H22NO7P. The molecule has 9 heteroatoms. The maximum Gasteiger partial charge on any atom is 0.458 e. The lowest BCUT2D eigenvalue weighted by atomic mass is 10.0. The molecule has 0 saturated heterocycles. The van der Waals surface area contributed by atoms with E-state index in [2.05, 4.69) is 5.09 Å². The monoisotopic (exact) mass is 431 g/mol. The number of ether oxygens (including phenoxy) is 2. The molecule has 8 nitrogen and oxygen atoms in total. The molecule has 1 atom stereocenters. The van der Waals surface area contributed by atoms with Crippen LogP contribution in [0.15, 0.2) is 54.6 Å². The Morgan fingerprint density at radius 1 is 1.03 bits per heavy atom. The molecule has 0 radical (unpaired) electrons. The third-order valence-electron chi connectivity index (χ3n) is 4.45. The highest BCUT2D eigenvalue weighted by Gasteiger charge is 2.26. The van der Waals surface area contributed by atoms with Gasteiger partial charge in [0.05, 0.1) is 26.4 Å². The summed E-state index contributed by atoms with van der Waals surface area (Å²) in [6.45, 7) is -0.0737. The number of hydrogen-bond donors (Lipinski definition) is 2. The second-order valence-corrected chi connectivity index (χ2v) is 8.12. The van der Waals surface area contributed by atoms with Crippen molar-refractivity contribution in [3.63, 3.8) is 0 Å². The van der Waals surface area contributed by atoms with Gasteiger partial charge in [0.25, 0.3) is 0 Å². The molecule has 3 rings (SSSR count). The number of aromatic carboxylic acids is 1. The van der Waals surface area contributed by atoms with Crippen LogP contribution in [0.25, 0.3) is 10.8 Å². The summed E-state index contributed by atoms with van der Waals surface area (Å²) in [7, 11) is 0.837. The first kappa shape index (κ1) is 21.6. The summed E-state index contributed by atoms with van der Waals surface area (Å²) >= 11 is 0. The summed E-state index contributed by atoms with van der Waals surface area (Å²) in [5, 5.41) is 13.3. The second-order valence-electron chi connectivity index (χ2n) is 6.23. The molecule has 0 aliphatic carbocycles. The Balaban J connectivity index is 1.85. The fourth-order valence-corrected chi connectivity index (χ4v) is 3.96. The Hall–Kier alpha value is -3.06. The lowest BCUT2D eigenvalue weighted by Crippen LogP contribution is -2.12. The van der Waals surface area contributed by atoms with Gasteiger partial charge in [-0.25, -0.2) is 14.4 Å². The van der Waals surface area contributed by atoms with Gasteiger partial charge in [-0.2, -0.15) is 0 Å². The number of fused-ring (bicyclic) bond motifs is 1. The average Bonchev–Trinajstić information content (AvgIpc) is 2.77. The summed E-state index contributed by atoms with van der Waals surface area (Å²) in [5.74, 6) is 0.363. The molecule has 158 valence electrons. The third-order valence-corrected chi connectivity index (χ3v) is 5.92. The van der Waals surface area contributed by atoms with Crippen molar-refractivity contribution in [3.05, 3.63) is 65.7 Å². The lowest BCUT2D eigenvalue weighted by molar-refractivity contribution is 0.0697. The molecule has 0 fully saturated rings. The molecule has 0 bridgehead atoms. The van der Waals surface area contributed by atoms with Crippen molar-refractivity contribution >= 4 is 24.5 Å². The minimum atomic E-state index is -3.73. The van der Waals surface area contributed by atoms with Crippen LogP contribution in [0.4, 0.5) is 0 Å². The summed E-state index contributed by atoms with van der Waals surface area (Å²) in [6.07, 6.45) is 0. The lowest BCUT2D eigenvalue weighted by Gasteiger charge is -2.20. The summed E-state index contributed by atoms with van der Waals surface area (Å²) in [6, 6.07) is 14.9. The van der Waals surface area contributed by atoms with E-state index in [1.165, 1.54) is 31.3 Å². The molecule has 0 aromatic heterocycles. The Morgan fingerprint density at radius 2 is 1.70 bits per heavy atom. The van der Waals surface area contributed by atoms with Crippen molar-refractivity contribution in [2.75, 3.05) is 21.3 Å². The van der Waals surface area contributed by atoms with Crippen LogP contribution in [0.3, 0.4) is 0 Å². The predicted molar refractivity (Wildman–Crippen MR) is 113 cm³/mol. The van der Waals surface area contributed by atoms with E-state index < -0.39 is 13.7 Å². The first-order chi connectivity index (χ1) is 14.4. The molecule has 0 aliphatic rings. The van der Waals surface area contributed by atoms with Gasteiger partial charge in [-0.05, 0) is 37.4 Å². The zero-order valence-electron chi connectivity index (χ0n) is 16.7. The molecule has 0 saturated carbocycles. The van der Waals surface area contributed by atoms with E-state index >= 15 is 0 Å². The van der Waals surface area contributed by atoms with Crippen LogP contribution in [0.5, 0.6) is 17.2 Å². The molecule has 30 heavy (non-hydrogen) atoms. The van der Waals surface area contributed by atoms with E-state index in [9.17, 15) is 9.36 Å². The van der Waals surface area contributed by atoms with Crippen molar-refractivity contribution in [1.29, 1.82) is 0 Å². The Morgan fingerprint density at radius 3 is 2.27 bits per heavy atom. The number of benzene rings is 3. The topological polar surface area (TPSA) is 103 Å². The number of carboxylic acids is 1. The van der Waals surface area contributed by atoms with Gasteiger partial charge >= 0.3 is 13.7 Å². The summed E-state index contributed by atoms with van der Waals surface area (Å²) in [4.78, 5) is 11.0. The molecular weight excluding hydrogens is 409 g/mol.